The number of imidazole rings is 1. The van der Waals surface area contributed by atoms with E-state index >= 15 is 0 Å². The lowest BCUT2D eigenvalue weighted by atomic mass is 9.77. The number of nitrogens with zero attached hydrogens (tertiary/aromatic N) is 3. The highest BCUT2D eigenvalue weighted by Gasteiger charge is 2.37. The van der Waals surface area contributed by atoms with Gasteiger partial charge in [-0.1, -0.05) is 164 Å². The average molecular weight is 836 g/mol. The summed E-state index contributed by atoms with van der Waals surface area (Å²) in [4.78, 5) is 51.4. The molecule has 0 saturated carbocycles. The zero-order valence-corrected chi connectivity index (χ0v) is 36.4. The number of H-pyrrole nitrogens is 1. The molecule has 12 nitrogen and oxygen atoms in total. The van der Waals surface area contributed by atoms with Crippen molar-refractivity contribution < 1.29 is 28.5 Å². The van der Waals surface area contributed by atoms with Gasteiger partial charge in [-0.05, 0) is 41.7 Å². The Labute approximate surface area is 360 Å². The number of aromatic nitrogens is 4. The summed E-state index contributed by atoms with van der Waals surface area (Å²) in [5.74, 6) is 0.286. The van der Waals surface area contributed by atoms with E-state index in [4.69, 9.17) is 23.9 Å². The smallest absolute Gasteiger partial charge is 0.305 e. The van der Waals surface area contributed by atoms with E-state index in [0.29, 0.717) is 18.6 Å². The molecule has 0 radical (unpaired) electrons. The molecule has 2 aromatic heterocycles. The van der Waals surface area contributed by atoms with Crippen LogP contribution in [0.5, 0.6) is 5.75 Å². The van der Waals surface area contributed by atoms with Gasteiger partial charge in [0.1, 0.15) is 37.3 Å². The van der Waals surface area contributed by atoms with Crippen LogP contribution in [0.4, 0.5) is 5.95 Å². The Hall–Kier alpha value is -5.49. The predicted molar refractivity (Wildman–Crippen MR) is 240 cm³/mol. The van der Waals surface area contributed by atoms with Gasteiger partial charge in [0.25, 0.3) is 5.56 Å². The quantitative estimate of drug-likeness (QED) is 0.0271. The number of carbonyl (C=O) groups is 2. The molecule has 0 unspecified atom stereocenters. The van der Waals surface area contributed by atoms with Gasteiger partial charge >= 0.3 is 11.9 Å². The van der Waals surface area contributed by atoms with Crippen molar-refractivity contribution >= 4 is 29.1 Å². The number of methoxy groups -OCH3 is 1. The molecule has 0 saturated heterocycles. The minimum absolute atomic E-state index is 0.0912. The van der Waals surface area contributed by atoms with Gasteiger partial charge in [-0.15, -0.1) is 0 Å². The van der Waals surface area contributed by atoms with Crippen molar-refractivity contribution in [3.05, 3.63) is 118 Å². The number of ether oxygens (including phenoxy) is 4. The van der Waals surface area contributed by atoms with Gasteiger partial charge in [-0.3, -0.25) is 23.9 Å². The SMILES string of the molecule is CCCCCCCCCC(=O)OCC(COC(=O)CCCCCCCCC)OCn1cnc2c(=O)[nH]c(NC(c3ccccc3)(c3ccccc3)c3ccc(OC)cc3)nc21. The zero-order chi connectivity index (χ0) is 43.1. The Balaban J connectivity index is 1.33. The van der Waals surface area contributed by atoms with Gasteiger partial charge in [0, 0.05) is 12.8 Å². The molecule has 61 heavy (non-hydrogen) atoms. The molecule has 328 valence electrons. The summed E-state index contributed by atoms with van der Waals surface area (Å²) >= 11 is 0. The molecule has 0 aliphatic carbocycles. The number of hydrogen-bond donors (Lipinski definition) is 2. The van der Waals surface area contributed by atoms with Crippen molar-refractivity contribution in [3.63, 3.8) is 0 Å². The van der Waals surface area contributed by atoms with E-state index in [1.165, 1.54) is 57.7 Å². The first kappa shape index (κ1) is 46.6. The van der Waals surface area contributed by atoms with Crippen LogP contribution < -0.4 is 15.6 Å². The molecular formula is C49H65N5O7. The monoisotopic (exact) mass is 835 g/mol. The van der Waals surface area contributed by atoms with Gasteiger partial charge in [-0.2, -0.15) is 4.98 Å². The highest BCUT2D eigenvalue weighted by Crippen LogP contribution is 2.40. The van der Waals surface area contributed by atoms with E-state index in [1.54, 1.807) is 11.7 Å². The largest absolute Gasteiger partial charge is 0.497 e. The van der Waals surface area contributed by atoms with Crippen molar-refractivity contribution in [1.29, 1.82) is 0 Å². The molecule has 2 N–H and O–H groups in total. The molecule has 0 spiro atoms. The minimum Gasteiger partial charge on any atom is -0.497 e. The lowest BCUT2D eigenvalue weighted by Gasteiger charge is -2.37. The molecule has 0 amide bonds. The molecule has 12 heteroatoms. The number of fused-ring (bicyclic) bond motifs is 1. The summed E-state index contributed by atoms with van der Waals surface area (Å²) in [5, 5.41) is 3.62. The van der Waals surface area contributed by atoms with Crippen molar-refractivity contribution in [2.24, 2.45) is 0 Å². The molecule has 0 atom stereocenters. The Morgan fingerprint density at radius 1 is 0.689 bits per heavy atom. The maximum Gasteiger partial charge on any atom is 0.305 e. The third kappa shape index (κ3) is 14.0. The Morgan fingerprint density at radius 3 is 1.69 bits per heavy atom. The number of esters is 2. The summed E-state index contributed by atoms with van der Waals surface area (Å²) in [6.07, 6.45) is 16.7. The van der Waals surface area contributed by atoms with Crippen LogP contribution in [0.25, 0.3) is 11.2 Å². The van der Waals surface area contributed by atoms with Gasteiger partial charge in [0.05, 0.1) is 13.4 Å². The molecule has 3 aromatic carbocycles. The minimum atomic E-state index is -0.997. The van der Waals surface area contributed by atoms with E-state index in [2.05, 4.69) is 29.1 Å². The van der Waals surface area contributed by atoms with Crippen LogP contribution in [0.1, 0.15) is 133 Å². The van der Waals surface area contributed by atoms with Crippen LogP contribution in [0.3, 0.4) is 0 Å². The standard InChI is InChI=1S/C49H65N5O7/c1-4-6-8-10-12-14-22-28-43(55)59-34-42(35-60-44(56)29-23-15-13-11-9-7-5-2)61-37-54-36-50-45-46(54)51-48(52-47(45)57)53-49(38-24-18-16-19-25-38,39-26-20-17-21-27-39)40-30-32-41(58-3)33-31-40/h16-21,24-27,30-33,36,42H,4-15,22-23,28-29,34-35,37H2,1-3H3,(H2,51,52,53,57). The van der Waals surface area contributed by atoms with Gasteiger partial charge in [0.15, 0.2) is 11.2 Å². The molecule has 0 aliphatic heterocycles. The van der Waals surface area contributed by atoms with E-state index in [0.717, 1.165) is 55.2 Å². The Bertz CT molecular complexity index is 2010. The highest BCUT2D eigenvalue weighted by molar-refractivity contribution is 5.72. The number of hydrogen-bond acceptors (Lipinski definition) is 10. The van der Waals surface area contributed by atoms with Crippen LogP contribution in [0.2, 0.25) is 0 Å². The lowest BCUT2D eigenvalue weighted by molar-refractivity contribution is -0.157. The molecule has 0 bridgehead atoms. The average Bonchev–Trinajstić information content (AvgIpc) is 3.71. The normalized spacial score (nSPS) is 11.5. The summed E-state index contributed by atoms with van der Waals surface area (Å²) in [6.45, 7) is 4.12. The number of carbonyl (C=O) groups excluding carboxylic acids is 2. The fourth-order valence-corrected chi connectivity index (χ4v) is 7.52. The van der Waals surface area contributed by atoms with Crippen molar-refractivity contribution in [3.8, 4) is 5.75 Å². The van der Waals surface area contributed by atoms with Crippen molar-refractivity contribution in [2.75, 3.05) is 25.6 Å². The molecule has 2 heterocycles. The number of rotatable bonds is 29. The first-order valence-electron chi connectivity index (χ1n) is 22.3. The second-order valence-electron chi connectivity index (χ2n) is 15.7. The van der Waals surface area contributed by atoms with Crippen LogP contribution in [0, 0.1) is 0 Å². The highest BCUT2D eigenvalue weighted by atomic mass is 16.6. The number of aromatic amines is 1. The summed E-state index contributed by atoms with van der Waals surface area (Å²) < 4.78 is 24.7. The third-order valence-electron chi connectivity index (χ3n) is 11.0. The van der Waals surface area contributed by atoms with Gasteiger partial charge < -0.3 is 24.3 Å². The van der Waals surface area contributed by atoms with Crippen LogP contribution >= 0.6 is 0 Å². The lowest BCUT2D eigenvalue weighted by Crippen LogP contribution is -2.39. The second-order valence-corrected chi connectivity index (χ2v) is 15.7. The van der Waals surface area contributed by atoms with E-state index in [1.807, 2.05) is 84.9 Å². The second kappa shape index (κ2) is 25.3. The van der Waals surface area contributed by atoms with Crippen molar-refractivity contribution in [1.82, 2.24) is 19.5 Å². The predicted octanol–water partition coefficient (Wildman–Crippen LogP) is 10.2. The molecule has 0 aliphatic rings. The van der Waals surface area contributed by atoms with Crippen LogP contribution in [0.15, 0.2) is 96.1 Å². The number of unbranched alkanes of at least 4 members (excludes halogenated alkanes) is 12. The van der Waals surface area contributed by atoms with Crippen LogP contribution in [-0.4, -0.2) is 57.9 Å². The maximum atomic E-state index is 13.6. The molecule has 5 rings (SSSR count). The zero-order valence-electron chi connectivity index (χ0n) is 36.4. The first-order chi connectivity index (χ1) is 29.9. The fraction of sp³-hybridized carbons (Fsp3) is 0.490. The summed E-state index contributed by atoms with van der Waals surface area (Å²) in [7, 11) is 1.63. The molecule has 0 fully saturated rings. The topological polar surface area (TPSA) is 147 Å². The maximum absolute atomic E-state index is 13.6. The summed E-state index contributed by atoms with van der Waals surface area (Å²) in [6, 6.07) is 27.7. The molecule has 5 aromatic rings. The number of anilines is 1. The van der Waals surface area contributed by atoms with Gasteiger partial charge in [0.2, 0.25) is 5.95 Å². The fourth-order valence-electron chi connectivity index (χ4n) is 7.52. The third-order valence-corrected chi connectivity index (χ3v) is 11.0. The van der Waals surface area contributed by atoms with Crippen LogP contribution in [-0.2, 0) is 36.1 Å². The van der Waals surface area contributed by atoms with E-state index in [-0.39, 0.29) is 49.0 Å². The van der Waals surface area contributed by atoms with Crippen molar-refractivity contribution in [2.45, 2.75) is 135 Å². The van der Waals surface area contributed by atoms with E-state index in [9.17, 15) is 14.4 Å². The Morgan fingerprint density at radius 2 is 1.18 bits per heavy atom. The number of nitrogens with one attached hydrogen (secondary N) is 2. The first-order valence-corrected chi connectivity index (χ1v) is 22.3. The number of benzene rings is 3. The van der Waals surface area contributed by atoms with E-state index < -0.39 is 17.2 Å². The van der Waals surface area contributed by atoms with Gasteiger partial charge in [-0.25, -0.2) is 4.98 Å². The molecular weight excluding hydrogens is 771 g/mol. The Kier molecular flexibility index (Phi) is 19.3. The summed E-state index contributed by atoms with van der Waals surface area (Å²) in [5.41, 5.74) is 1.68.